The van der Waals surface area contributed by atoms with E-state index in [2.05, 4.69) is 20.6 Å². The Bertz CT molecular complexity index is 1110. The first-order valence-electron chi connectivity index (χ1n) is 9.79. The number of halogens is 1. The fourth-order valence-corrected chi connectivity index (χ4v) is 3.74. The van der Waals surface area contributed by atoms with Crippen molar-refractivity contribution < 1.29 is 14.3 Å². The first-order valence-corrected chi connectivity index (χ1v) is 9.79. The second-order valence-electron chi connectivity index (χ2n) is 7.48. The summed E-state index contributed by atoms with van der Waals surface area (Å²) in [5.74, 6) is -1.30. The summed E-state index contributed by atoms with van der Waals surface area (Å²) in [4.78, 5) is 20.4. The highest BCUT2D eigenvalue weighted by atomic mass is 19.1. The zero-order valence-corrected chi connectivity index (χ0v) is 16.2. The minimum Gasteiger partial charge on any atom is -0.506 e. The fourth-order valence-electron chi connectivity index (χ4n) is 3.74. The molecule has 2 heterocycles. The van der Waals surface area contributed by atoms with Gasteiger partial charge in [0.1, 0.15) is 17.1 Å². The largest absolute Gasteiger partial charge is 0.506 e. The van der Waals surface area contributed by atoms with Crippen LogP contribution in [0.4, 0.5) is 21.7 Å². The molecule has 1 fully saturated rings. The average Bonchev–Trinajstić information content (AvgIpc) is 2.72. The van der Waals surface area contributed by atoms with Gasteiger partial charge in [0, 0.05) is 17.5 Å². The van der Waals surface area contributed by atoms with E-state index < -0.39 is 11.7 Å². The lowest BCUT2D eigenvalue weighted by Crippen LogP contribution is -2.43. The normalized spacial score (nSPS) is 18.9. The monoisotopic (exact) mass is 410 g/mol. The molecule has 30 heavy (non-hydrogen) atoms. The van der Waals surface area contributed by atoms with Gasteiger partial charge in [-0.2, -0.15) is 0 Å². The molecule has 156 valence electrons. The van der Waals surface area contributed by atoms with Gasteiger partial charge in [0.25, 0.3) is 5.91 Å². The highest BCUT2D eigenvalue weighted by Crippen LogP contribution is 2.29. The van der Waals surface area contributed by atoms with Crippen LogP contribution >= 0.6 is 0 Å². The van der Waals surface area contributed by atoms with Crippen molar-refractivity contribution in [2.45, 2.75) is 37.8 Å². The number of anilines is 3. The Morgan fingerprint density at radius 2 is 2.00 bits per heavy atom. The molecule has 4 rings (SSSR count). The predicted octanol–water partition coefficient (Wildman–Crippen LogP) is 3.00. The minimum atomic E-state index is -0.809. The molecule has 0 saturated heterocycles. The number of para-hydroxylation sites is 1. The Morgan fingerprint density at radius 1 is 1.20 bits per heavy atom. The Hall–Kier alpha value is -3.46. The number of fused-ring (bicyclic) bond motifs is 1. The summed E-state index contributed by atoms with van der Waals surface area (Å²) in [6, 6.07) is 7.64. The number of pyridine rings is 2. The lowest BCUT2D eigenvalue weighted by atomic mass is 9.91. The van der Waals surface area contributed by atoms with Crippen molar-refractivity contribution in [2.75, 3.05) is 10.6 Å². The molecule has 1 aliphatic rings. The number of phenolic OH excluding ortho intramolecular Hbond substituents is 1. The topological polar surface area (TPSA) is 139 Å². The van der Waals surface area contributed by atoms with Crippen LogP contribution < -0.4 is 22.1 Å². The molecule has 0 aliphatic heterocycles. The van der Waals surface area contributed by atoms with Gasteiger partial charge in [0.2, 0.25) is 0 Å². The third-order valence-electron chi connectivity index (χ3n) is 5.34. The quantitative estimate of drug-likeness (QED) is 0.436. The van der Waals surface area contributed by atoms with E-state index in [1.165, 1.54) is 6.20 Å². The van der Waals surface area contributed by atoms with Crippen molar-refractivity contribution >= 4 is 34.1 Å². The van der Waals surface area contributed by atoms with Crippen molar-refractivity contribution in [3.63, 3.8) is 0 Å². The number of primary amides is 1. The predicted molar refractivity (Wildman–Crippen MR) is 113 cm³/mol. The first-order chi connectivity index (χ1) is 14.4. The van der Waals surface area contributed by atoms with E-state index in [0.717, 1.165) is 31.7 Å². The number of nitrogens with two attached hydrogens (primary N) is 2. The summed E-state index contributed by atoms with van der Waals surface area (Å²) < 4.78 is 14.6. The summed E-state index contributed by atoms with van der Waals surface area (Å²) in [7, 11) is 0. The molecular formula is C21H23FN6O2. The van der Waals surface area contributed by atoms with Crippen LogP contribution in [0.3, 0.4) is 0 Å². The second kappa shape index (κ2) is 8.11. The summed E-state index contributed by atoms with van der Waals surface area (Å²) in [5.41, 5.74) is 12.5. The van der Waals surface area contributed by atoms with Gasteiger partial charge in [-0.15, -0.1) is 0 Å². The number of carbonyl (C=O) groups is 1. The summed E-state index contributed by atoms with van der Waals surface area (Å²) in [5, 5.41) is 16.6. The highest BCUT2D eigenvalue weighted by molar-refractivity contribution is 5.99. The maximum absolute atomic E-state index is 14.6. The number of benzene rings is 1. The average molecular weight is 410 g/mol. The molecule has 1 saturated carbocycles. The summed E-state index contributed by atoms with van der Waals surface area (Å²) in [6.07, 6.45) is 5.22. The van der Waals surface area contributed by atoms with Gasteiger partial charge >= 0.3 is 0 Å². The molecule has 2 atom stereocenters. The van der Waals surface area contributed by atoms with Gasteiger partial charge in [-0.25, -0.2) is 9.37 Å². The third kappa shape index (κ3) is 3.97. The zero-order chi connectivity index (χ0) is 21.3. The number of phenols is 1. The Balaban J connectivity index is 1.68. The molecule has 3 aromatic rings. The smallest absolute Gasteiger partial charge is 0.252 e. The van der Waals surface area contributed by atoms with Gasteiger partial charge in [-0.1, -0.05) is 25.0 Å². The van der Waals surface area contributed by atoms with Crippen molar-refractivity contribution in [3.05, 3.63) is 47.9 Å². The van der Waals surface area contributed by atoms with Crippen LogP contribution in [0.2, 0.25) is 0 Å². The van der Waals surface area contributed by atoms with Gasteiger partial charge in [0.15, 0.2) is 11.6 Å². The van der Waals surface area contributed by atoms with E-state index in [9.17, 15) is 14.3 Å². The number of nitrogens with zero attached hydrogens (tertiary/aromatic N) is 2. The molecule has 1 aromatic carbocycles. The molecule has 7 N–H and O–H groups in total. The number of aromatic nitrogens is 2. The number of hydrogen-bond acceptors (Lipinski definition) is 7. The van der Waals surface area contributed by atoms with Crippen LogP contribution in [-0.4, -0.2) is 33.1 Å². The molecule has 0 bridgehead atoms. The molecule has 2 aromatic heterocycles. The summed E-state index contributed by atoms with van der Waals surface area (Å²) in [6.45, 7) is 0. The number of rotatable bonds is 5. The van der Waals surface area contributed by atoms with Crippen LogP contribution in [-0.2, 0) is 0 Å². The van der Waals surface area contributed by atoms with E-state index in [1.807, 2.05) is 0 Å². The number of nitrogens with one attached hydrogen (secondary N) is 2. The minimum absolute atomic E-state index is 0.0104. The number of hydrogen-bond donors (Lipinski definition) is 5. The maximum Gasteiger partial charge on any atom is 0.252 e. The van der Waals surface area contributed by atoms with Gasteiger partial charge in [-0.3, -0.25) is 9.78 Å². The van der Waals surface area contributed by atoms with E-state index in [4.69, 9.17) is 11.5 Å². The van der Waals surface area contributed by atoms with E-state index in [-0.39, 0.29) is 35.0 Å². The van der Waals surface area contributed by atoms with E-state index in [0.29, 0.717) is 16.6 Å². The Labute approximate surface area is 172 Å². The molecule has 0 unspecified atom stereocenters. The lowest BCUT2D eigenvalue weighted by Gasteiger charge is -2.30. The highest BCUT2D eigenvalue weighted by Gasteiger charge is 2.24. The summed E-state index contributed by atoms with van der Waals surface area (Å²) >= 11 is 0. The SMILES string of the molecule is NC(=O)c1cc(F)c(N[C@@H]2CCCC[C@@H]2N)nc1Nc1cnc2c(O)cccc2c1. The van der Waals surface area contributed by atoms with Crippen LogP contribution in [0.1, 0.15) is 36.0 Å². The van der Waals surface area contributed by atoms with Crippen LogP contribution in [0.5, 0.6) is 5.75 Å². The molecule has 8 nitrogen and oxygen atoms in total. The third-order valence-corrected chi connectivity index (χ3v) is 5.34. The molecule has 0 spiro atoms. The molecule has 1 amide bonds. The van der Waals surface area contributed by atoms with E-state index in [1.54, 1.807) is 24.3 Å². The molecular weight excluding hydrogens is 387 g/mol. The molecule has 1 aliphatic carbocycles. The van der Waals surface area contributed by atoms with E-state index >= 15 is 0 Å². The van der Waals surface area contributed by atoms with Crippen molar-refractivity contribution in [3.8, 4) is 5.75 Å². The van der Waals surface area contributed by atoms with Crippen molar-refractivity contribution in [2.24, 2.45) is 11.5 Å². The lowest BCUT2D eigenvalue weighted by molar-refractivity contribution is 0.100. The van der Waals surface area contributed by atoms with Crippen LogP contribution in [0, 0.1) is 5.82 Å². The first kappa shape index (κ1) is 19.8. The standard InChI is InChI=1S/C21H23FN6O2/c22-14-9-13(19(24)30)20(28-21(14)27-16-6-2-1-5-15(16)23)26-12-8-11-4-3-7-17(29)18(11)25-10-12/h3-4,7-10,15-16,29H,1-2,5-6,23H2,(H2,24,30)(H2,26,27,28)/t15-,16+/m0/s1. The number of carbonyl (C=O) groups excluding carboxylic acids is 1. The second-order valence-corrected chi connectivity index (χ2v) is 7.48. The molecule has 0 radical (unpaired) electrons. The molecule has 9 heteroatoms. The van der Waals surface area contributed by atoms with Crippen LogP contribution in [0.25, 0.3) is 10.9 Å². The van der Waals surface area contributed by atoms with Gasteiger partial charge in [0.05, 0.1) is 17.4 Å². The van der Waals surface area contributed by atoms with Crippen molar-refractivity contribution in [1.82, 2.24) is 9.97 Å². The van der Waals surface area contributed by atoms with Crippen molar-refractivity contribution in [1.29, 1.82) is 0 Å². The van der Waals surface area contributed by atoms with Gasteiger partial charge in [-0.05, 0) is 31.0 Å². The Kier molecular flexibility index (Phi) is 5.37. The van der Waals surface area contributed by atoms with Gasteiger partial charge < -0.3 is 27.2 Å². The fraction of sp³-hybridized carbons (Fsp3) is 0.286. The number of aromatic hydroxyl groups is 1. The zero-order valence-electron chi connectivity index (χ0n) is 16.2. The Morgan fingerprint density at radius 3 is 2.77 bits per heavy atom. The van der Waals surface area contributed by atoms with Crippen LogP contribution in [0.15, 0.2) is 36.5 Å². The maximum atomic E-state index is 14.6. The number of amides is 1.